The number of benzene rings is 2. The third-order valence-electron chi connectivity index (χ3n) is 7.23. The fraction of sp³-hybridized carbons (Fsp3) is 0.419. The monoisotopic (exact) mass is 613 g/mol. The van der Waals surface area contributed by atoms with E-state index in [1.54, 1.807) is 21.3 Å². The summed E-state index contributed by atoms with van der Waals surface area (Å²) in [4.78, 5) is 27.4. The van der Waals surface area contributed by atoms with Gasteiger partial charge in [0.2, 0.25) is 0 Å². The summed E-state index contributed by atoms with van der Waals surface area (Å²) in [6, 6.07) is 9.48. The lowest BCUT2D eigenvalue weighted by Crippen LogP contribution is -2.36. The number of nitrogens with one attached hydrogen (secondary N) is 1. The first-order valence-electron chi connectivity index (χ1n) is 13.4. The highest BCUT2D eigenvalue weighted by Crippen LogP contribution is 2.49. The van der Waals surface area contributed by atoms with Gasteiger partial charge in [0.15, 0.2) is 28.8 Å². The Morgan fingerprint density at radius 2 is 1.70 bits per heavy atom. The van der Waals surface area contributed by atoms with Crippen LogP contribution in [-0.4, -0.2) is 46.3 Å². The maximum absolute atomic E-state index is 14.0. The molecular formula is C31H36BrNO7. The summed E-state index contributed by atoms with van der Waals surface area (Å²) in [7, 11) is 4.76. The zero-order valence-corrected chi connectivity index (χ0v) is 25.4. The number of carbonyl (C=O) groups excluding carboxylic acids is 2. The van der Waals surface area contributed by atoms with E-state index >= 15 is 0 Å². The number of rotatable bonds is 10. The van der Waals surface area contributed by atoms with Crippen LogP contribution in [0.2, 0.25) is 0 Å². The van der Waals surface area contributed by atoms with Crippen molar-refractivity contribution < 1.29 is 33.3 Å². The van der Waals surface area contributed by atoms with Crippen LogP contribution >= 0.6 is 15.9 Å². The molecule has 0 fully saturated rings. The number of carbonyl (C=O) groups is 2. The number of Topliss-reactive ketones (excluding diaryl/α,β-unsaturated/α-hetero) is 1. The number of hydrogen-bond donors (Lipinski definition) is 1. The number of esters is 1. The van der Waals surface area contributed by atoms with Crippen LogP contribution in [-0.2, 0) is 14.3 Å². The SMILES string of the molecule is CCCOC(=O)C1=C(C)NC2=C(C(=O)C[C@H](c3ccc(OC)c(OC)c3)C2)[C@H]1c1cc(Br)c(OC)c(OCC)c1. The molecule has 0 saturated carbocycles. The second-order valence-electron chi connectivity index (χ2n) is 9.73. The lowest BCUT2D eigenvalue weighted by atomic mass is 9.71. The van der Waals surface area contributed by atoms with E-state index in [4.69, 9.17) is 23.7 Å². The maximum Gasteiger partial charge on any atom is 0.336 e. The average molecular weight is 615 g/mol. The molecule has 214 valence electrons. The fourth-order valence-electron chi connectivity index (χ4n) is 5.47. The number of dihydropyridines is 1. The Bertz CT molecular complexity index is 1360. The summed E-state index contributed by atoms with van der Waals surface area (Å²) in [6.07, 6.45) is 1.58. The van der Waals surface area contributed by atoms with E-state index in [0.29, 0.717) is 76.8 Å². The third kappa shape index (κ3) is 5.70. The number of ether oxygens (including phenoxy) is 5. The largest absolute Gasteiger partial charge is 0.493 e. The Balaban J connectivity index is 1.83. The van der Waals surface area contributed by atoms with Gasteiger partial charge in [-0.1, -0.05) is 13.0 Å². The van der Waals surface area contributed by atoms with Crippen molar-refractivity contribution in [2.75, 3.05) is 34.5 Å². The first-order chi connectivity index (χ1) is 19.3. The van der Waals surface area contributed by atoms with Gasteiger partial charge in [-0.15, -0.1) is 0 Å². The molecule has 8 nitrogen and oxygen atoms in total. The quantitative estimate of drug-likeness (QED) is 0.317. The molecule has 0 spiro atoms. The number of allylic oxidation sites excluding steroid dienone is 3. The molecule has 0 aromatic heterocycles. The molecule has 2 aromatic rings. The van der Waals surface area contributed by atoms with Gasteiger partial charge in [-0.05, 0) is 83.9 Å². The van der Waals surface area contributed by atoms with Gasteiger partial charge in [-0.3, -0.25) is 4.79 Å². The van der Waals surface area contributed by atoms with Gasteiger partial charge >= 0.3 is 5.97 Å². The van der Waals surface area contributed by atoms with Crippen molar-refractivity contribution in [1.29, 1.82) is 0 Å². The van der Waals surface area contributed by atoms with Gasteiger partial charge in [0.25, 0.3) is 0 Å². The van der Waals surface area contributed by atoms with E-state index in [-0.39, 0.29) is 11.7 Å². The normalized spacial score (nSPS) is 18.6. The molecule has 1 heterocycles. The predicted octanol–water partition coefficient (Wildman–Crippen LogP) is 6.19. The van der Waals surface area contributed by atoms with Gasteiger partial charge in [-0.2, -0.15) is 0 Å². The maximum atomic E-state index is 14.0. The van der Waals surface area contributed by atoms with E-state index in [1.165, 1.54) is 0 Å². The third-order valence-corrected chi connectivity index (χ3v) is 7.82. The van der Waals surface area contributed by atoms with Crippen LogP contribution in [0.3, 0.4) is 0 Å². The van der Waals surface area contributed by atoms with E-state index < -0.39 is 11.9 Å². The number of ketones is 1. The number of halogens is 1. The van der Waals surface area contributed by atoms with E-state index in [9.17, 15) is 9.59 Å². The van der Waals surface area contributed by atoms with Gasteiger partial charge in [0.05, 0.1) is 44.6 Å². The molecule has 1 aliphatic carbocycles. The minimum absolute atomic E-state index is 0.0308. The molecule has 40 heavy (non-hydrogen) atoms. The molecule has 4 rings (SSSR count). The molecule has 0 bridgehead atoms. The van der Waals surface area contributed by atoms with Gasteiger partial charge in [0.1, 0.15) is 0 Å². The second-order valence-corrected chi connectivity index (χ2v) is 10.6. The molecule has 0 unspecified atom stereocenters. The lowest BCUT2D eigenvalue weighted by Gasteiger charge is -2.37. The summed E-state index contributed by atoms with van der Waals surface area (Å²) in [5.41, 5.74) is 4.18. The molecular weight excluding hydrogens is 578 g/mol. The van der Waals surface area contributed by atoms with E-state index in [2.05, 4.69) is 21.2 Å². The molecule has 0 saturated heterocycles. The van der Waals surface area contributed by atoms with Gasteiger partial charge < -0.3 is 29.0 Å². The van der Waals surface area contributed by atoms with E-state index in [1.807, 2.05) is 51.1 Å². The minimum Gasteiger partial charge on any atom is -0.493 e. The smallest absolute Gasteiger partial charge is 0.336 e. The molecule has 1 aliphatic heterocycles. The van der Waals surface area contributed by atoms with Crippen molar-refractivity contribution >= 4 is 27.7 Å². The standard InChI is InChI=1S/C31H36BrNO7/c1-7-11-40-31(35)27-17(3)33-22-13-19(18-9-10-24(36-4)25(15-18)37-5)14-23(34)29(22)28(27)20-12-21(32)30(38-6)26(16-20)39-8-2/h9-10,12,15-16,19,28,33H,7-8,11,13-14H2,1-6H3/t19-,28+/m1/s1. The average Bonchev–Trinajstić information content (AvgIpc) is 2.94. The topological polar surface area (TPSA) is 92.3 Å². The second kappa shape index (κ2) is 12.8. The zero-order chi connectivity index (χ0) is 29.0. The molecule has 2 aliphatic rings. The van der Waals surface area contributed by atoms with Crippen molar-refractivity contribution in [1.82, 2.24) is 5.32 Å². The van der Waals surface area contributed by atoms with Crippen LogP contribution in [0.1, 0.15) is 63.0 Å². The predicted molar refractivity (Wildman–Crippen MR) is 155 cm³/mol. The number of hydrogen-bond acceptors (Lipinski definition) is 8. The zero-order valence-electron chi connectivity index (χ0n) is 23.8. The Kier molecular flexibility index (Phi) is 9.45. The van der Waals surface area contributed by atoms with Crippen LogP contribution < -0.4 is 24.3 Å². The Morgan fingerprint density at radius 1 is 0.975 bits per heavy atom. The molecule has 9 heteroatoms. The Labute approximate surface area is 243 Å². The van der Waals surface area contributed by atoms with Crippen LogP contribution in [0.25, 0.3) is 0 Å². The van der Waals surface area contributed by atoms with Crippen LogP contribution in [0, 0.1) is 0 Å². The lowest BCUT2D eigenvalue weighted by molar-refractivity contribution is -0.139. The Morgan fingerprint density at radius 3 is 2.35 bits per heavy atom. The van der Waals surface area contributed by atoms with Crippen LogP contribution in [0.4, 0.5) is 0 Å². The molecule has 2 aromatic carbocycles. The van der Waals surface area contributed by atoms with Crippen LogP contribution in [0.5, 0.6) is 23.0 Å². The van der Waals surface area contributed by atoms with Crippen molar-refractivity contribution in [3.8, 4) is 23.0 Å². The minimum atomic E-state index is -0.624. The summed E-state index contributed by atoms with van der Waals surface area (Å²) in [6.45, 7) is 6.41. The van der Waals surface area contributed by atoms with Crippen molar-refractivity contribution in [2.45, 2.75) is 51.9 Å². The van der Waals surface area contributed by atoms with Crippen molar-refractivity contribution in [3.05, 3.63) is 68.5 Å². The summed E-state index contributed by atoms with van der Waals surface area (Å²) >= 11 is 3.60. The Hall–Kier alpha value is -3.46. The van der Waals surface area contributed by atoms with E-state index in [0.717, 1.165) is 16.8 Å². The summed E-state index contributed by atoms with van der Waals surface area (Å²) in [5, 5.41) is 3.40. The first kappa shape index (κ1) is 29.5. The van der Waals surface area contributed by atoms with Crippen molar-refractivity contribution in [2.24, 2.45) is 0 Å². The number of methoxy groups -OCH3 is 3. The highest BCUT2D eigenvalue weighted by molar-refractivity contribution is 9.10. The van der Waals surface area contributed by atoms with Gasteiger partial charge in [0, 0.05) is 29.3 Å². The highest BCUT2D eigenvalue weighted by Gasteiger charge is 2.42. The highest BCUT2D eigenvalue weighted by atomic mass is 79.9. The summed E-state index contributed by atoms with van der Waals surface area (Å²) < 4.78 is 28.6. The molecule has 0 amide bonds. The first-order valence-corrected chi connectivity index (χ1v) is 14.2. The van der Waals surface area contributed by atoms with Crippen LogP contribution in [0.15, 0.2) is 57.3 Å². The molecule has 2 atom stereocenters. The molecule has 1 N–H and O–H groups in total. The van der Waals surface area contributed by atoms with Gasteiger partial charge in [-0.25, -0.2) is 4.79 Å². The van der Waals surface area contributed by atoms with Crippen molar-refractivity contribution in [3.63, 3.8) is 0 Å². The summed E-state index contributed by atoms with van der Waals surface area (Å²) in [5.74, 6) is 1.16. The fourth-order valence-corrected chi connectivity index (χ4v) is 6.10. The molecule has 0 radical (unpaired) electrons.